The van der Waals surface area contributed by atoms with Crippen LogP contribution < -0.4 is 4.72 Å². The standard InChI is InChI=1S/C23H19ClN2O3S/c1-15-12-13-18-19(24)14-20(23(27)22(18)25-15)30(28,29)26-21(16-8-4-2-5-9-16)17-10-6-3-7-11-17/h2-14,21,26-27H,1H3. The summed E-state index contributed by atoms with van der Waals surface area (Å²) in [6.45, 7) is 1.76. The van der Waals surface area contributed by atoms with Gasteiger partial charge < -0.3 is 5.11 Å². The quantitative estimate of drug-likeness (QED) is 0.461. The van der Waals surface area contributed by atoms with Crippen LogP contribution in [-0.2, 0) is 10.0 Å². The van der Waals surface area contributed by atoms with Crippen LogP contribution in [0.25, 0.3) is 10.9 Å². The SMILES string of the molecule is Cc1ccc2c(Cl)cc(S(=O)(=O)NC(c3ccccc3)c3ccccc3)c(O)c2n1. The van der Waals surface area contributed by atoms with E-state index in [1.54, 1.807) is 19.1 Å². The Morgan fingerprint density at radius 1 is 0.933 bits per heavy atom. The predicted molar refractivity (Wildman–Crippen MR) is 118 cm³/mol. The van der Waals surface area contributed by atoms with E-state index in [1.807, 2.05) is 60.7 Å². The van der Waals surface area contributed by atoms with Crippen LogP contribution in [0.5, 0.6) is 5.75 Å². The zero-order chi connectivity index (χ0) is 21.3. The Balaban J connectivity index is 1.84. The summed E-state index contributed by atoms with van der Waals surface area (Å²) >= 11 is 6.32. The number of nitrogens with zero attached hydrogens (tertiary/aromatic N) is 1. The smallest absolute Gasteiger partial charge is 0.245 e. The second kappa shape index (κ2) is 8.07. The van der Waals surface area contributed by atoms with Gasteiger partial charge in [0.2, 0.25) is 10.0 Å². The fraction of sp³-hybridized carbons (Fsp3) is 0.0870. The third-order valence-corrected chi connectivity index (χ3v) is 6.58. The number of aryl methyl sites for hydroxylation is 1. The highest BCUT2D eigenvalue weighted by Crippen LogP contribution is 2.37. The minimum Gasteiger partial charge on any atom is -0.504 e. The van der Waals surface area contributed by atoms with Crippen LogP contribution in [0, 0.1) is 6.92 Å². The van der Waals surface area contributed by atoms with Gasteiger partial charge in [0.25, 0.3) is 0 Å². The average molecular weight is 439 g/mol. The first-order chi connectivity index (χ1) is 14.4. The van der Waals surface area contributed by atoms with E-state index in [2.05, 4.69) is 9.71 Å². The lowest BCUT2D eigenvalue weighted by Gasteiger charge is -2.20. The topological polar surface area (TPSA) is 79.3 Å². The fourth-order valence-electron chi connectivity index (χ4n) is 3.35. The molecule has 4 aromatic rings. The summed E-state index contributed by atoms with van der Waals surface area (Å²) in [7, 11) is -4.14. The molecule has 7 heteroatoms. The third-order valence-electron chi connectivity index (χ3n) is 4.84. The van der Waals surface area contributed by atoms with Gasteiger partial charge in [-0.25, -0.2) is 13.4 Å². The van der Waals surface area contributed by atoms with Crippen molar-refractivity contribution in [3.63, 3.8) is 0 Å². The number of halogens is 1. The minimum absolute atomic E-state index is 0.152. The molecule has 30 heavy (non-hydrogen) atoms. The Morgan fingerprint density at radius 2 is 1.50 bits per heavy atom. The van der Waals surface area contributed by atoms with Crippen molar-refractivity contribution in [2.75, 3.05) is 0 Å². The van der Waals surface area contributed by atoms with E-state index in [9.17, 15) is 13.5 Å². The Labute approximate surface area is 180 Å². The van der Waals surface area contributed by atoms with Crippen LogP contribution in [0.1, 0.15) is 22.9 Å². The molecule has 3 aromatic carbocycles. The van der Waals surface area contributed by atoms with Crippen molar-refractivity contribution in [3.05, 3.63) is 101 Å². The molecule has 0 spiro atoms. The van der Waals surface area contributed by atoms with Gasteiger partial charge in [0.1, 0.15) is 10.4 Å². The van der Waals surface area contributed by atoms with Gasteiger partial charge in [-0.15, -0.1) is 0 Å². The number of nitrogens with one attached hydrogen (secondary N) is 1. The van der Waals surface area contributed by atoms with Crippen LogP contribution in [0.15, 0.2) is 83.8 Å². The number of rotatable bonds is 5. The third kappa shape index (κ3) is 3.89. The van der Waals surface area contributed by atoms with Gasteiger partial charge in [-0.1, -0.05) is 72.3 Å². The second-order valence-electron chi connectivity index (χ2n) is 6.93. The van der Waals surface area contributed by atoms with Crippen molar-refractivity contribution < 1.29 is 13.5 Å². The van der Waals surface area contributed by atoms with Crippen molar-refractivity contribution >= 4 is 32.5 Å². The van der Waals surface area contributed by atoms with Gasteiger partial charge in [-0.3, -0.25) is 0 Å². The zero-order valence-corrected chi connectivity index (χ0v) is 17.7. The lowest BCUT2D eigenvalue weighted by Crippen LogP contribution is -2.29. The van der Waals surface area contributed by atoms with Crippen LogP contribution in [0.4, 0.5) is 0 Å². The molecule has 0 aliphatic carbocycles. The maximum Gasteiger partial charge on any atom is 0.245 e. The molecule has 4 rings (SSSR count). The Bertz CT molecular complexity index is 1270. The van der Waals surface area contributed by atoms with Gasteiger partial charge in [-0.05, 0) is 36.2 Å². The number of pyridine rings is 1. The minimum atomic E-state index is -4.14. The number of phenolic OH excluding ortho intramolecular Hbond substituents is 1. The summed E-state index contributed by atoms with van der Waals surface area (Å²) in [5.41, 5.74) is 2.34. The molecule has 0 saturated carbocycles. The van der Waals surface area contributed by atoms with Gasteiger partial charge >= 0.3 is 0 Å². The molecule has 0 amide bonds. The highest BCUT2D eigenvalue weighted by Gasteiger charge is 2.27. The molecule has 2 N–H and O–H groups in total. The maximum absolute atomic E-state index is 13.3. The lowest BCUT2D eigenvalue weighted by molar-refractivity contribution is 0.462. The number of phenols is 1. The van der Waals surface area contributed by atoms with E-state index >= 15 is 0 Å². The van der Waals surface area contributed by atoms with Gasteiger partial charge in [0, 0.05) is 11.1 Å². The highest BCUT2D eigenvalue weighted by atomic mass is 35.5. The molecule has 0 atom stereocenters. The van der Waals surface area contributed by atoms with E-state index in [-0.39, 0.29) is 15.4 Å². The van der Waals surface area contributed by atoms with E-state index in [1.165, 1.54) is 6.07 Å². The van der Waals surface area contributed by atoms with Gasteiger partial charge in [0.15, 0.2) is 5.75 Å². The first kappa shape index (κ1) is 20.3. The van der Waals surface area contributed by atoms with Crippen LogP contribution in [0.3, 0.4) is 0 Å². The molecule has 152 valence electrons. The summed E-state index contributed by atoms with van der Waals surface area (Å²) in [6, 6.07) is 22.6. The molecular formula is C23H19ClN2O3S. The molecule has 0 aliphatic heterocycles. The number of sulfonamides is 1. The maximum atomic E-state index is 13.3. The normalized spacial score (nSPS) is 11.8. The van der Waals surface area contributed by atoms with Crippen molar-refractivity contribution in [2.45, 2.75) is 17.9 Å². The molecule has 0 fully saturated rings. The van der Waals surface area contributed by atoms with Gasteiger partial charge in [0.05, 0.1) is 11.1 Å². The number of hydrogen-bond acceptors (Lipinski definition) is 4. The molecule has 0 radical (unpaired) electrons. The van der Waals surface area contributed by atoms with Crippen LogP contribution >= 0.6 is 11.6 Å². The molecule has 0 saturated heterocycles. The van der Waals surface area contributed by atoms with E-state index in [0.29, 0.717) is 11.1 Å². The Kier molecular flexibility index (Phi) is 5.47. The molecule has 5 nitrogen and oxygen atoms in total. The Morgan fingerprint density at radius 3 is 2.07 bits per heavy atom. The summed E-state index contributed by atoms with van der Waals surface area (Å²) in [4.78, 5) is 3.97. The highest BCUT2D eigenvalue weighted by molar-refractivity contribution is 7.89. The zero-order valence-electron chi connectivity index (χ0n) is 16.1. The molecular weight excluding hydrogens is 420 g/mol. The first-order valence-electron chi connectivity index (χ1n) is 9.28. The van der Waals surface area contributed by atoms with Crippen molar-refractivity contribution in [1.82, 2.24) is 9.71 Å². The number of fused-ring (bicyclic) bond motifs is 1. The average Bonchev–Trinajstić information content (AvgIpc) is 2.75. The molecule has 0 unspecified atom stereocenters. The van der Waals surface area contributed by atoms with Crippen molar-refractivity contribution in [3.8, 4) is 5.75 Å². The van der Waals surface area contributed by atoms with E-state index in [0.717, 1.165) is 11.1 Å². The van der Waals surface area contributed by atoms with Crippen LogP contribution in [0.2, 0.25) is 5.02 Å². The Hall–Kier alpha value is -2.93. The summed E-state index contributed by atoms with van der Waals surface area (Å²) in [5, 5.41) is 11.4. The molecule has 1 aromatic heterocycles. The molecule has 1 heterocycles. The number of aromatic hydroxyl groups is 1. The largest absolute Gasteiger partial charge is 0.504 e. The number of benzene rings is 3. The van der Waals surface area contributed by atoms with E-state index in [4.69, 9.17) is 11.6 Å². The lowest BCUT2D eigenvalue weighted by atomic mass is 10.00. The van der Waals surface area contributed by atoms with Crippen LogP contribution in [-0.4, -0.2) is 18.5 Å². The molecule has 0 aliphatic rings. The number of hydrogen-bond donors (Lipinski definition) is 2. The predicted octanol–water partition coefficient (Wildman–Crippen LogP) is 4.97. The monoisotopic (exact) mass is 438 g/mol. The number of aromatic nitrogens is 1. The van der Waals surface area contributed by atoms with Crippen molar-refractivity contribution in [2.24, 2.45) is 0 Å². The summed E-state index contributed by atoms with van der Waals surface area (Å²) < 4.78 is 29.4. The second-order valence-corrected chi connectivity index (χ2v) is 9.02. The summed E-state index contributed by atoms with van der Waals surface area (Å²) in [5.74, 6) is -0.425. The first-order valence-corrected chi connectivity index (χ1v) is 11.1. The van der Waals surface area contributed by atoms with E-state index < -0.39 is 21.8 Å². The fourth-order valence-corrected chi connectivity index (χ4v) is 5.01. The molecule has 0 bridgehead atoms. The van der Waals surface area contributed by atoms with Crippen molar-refractivity contribution in [1.29, 1.82) is 0 Å². The summed E-state index contributed by atoms with van der Waals surface area (Å²) in [6.07, 6.45) is 0. The van der Waals surface area contributed by atoms with Gasteiger partial charge in [-0.2, -0.15) is 4.72 Å².